The summed E-state index contributed by atoms with van der Waals surface area (Å²) in [6, 6.07) is 13.7. The van der Waals surface area contributed by atoms with Gasteiger partial charge in [0.15, 0.2) is 0 Å². The lowest BCUT2D eigenvalue weighted by atomic mass is 10.1. The first-order chi connectivity index (χ1) is 9.76. The van der Waals surface area contributed by atoms with Gasteiger partial charge in [0, 0.05) is 22.1 Å². The van der Waals surface area contributed by atoms with Gasteiger partial charge in [0.1, 0.15) is 0 Å². The average molecular weight is 327 g/mol. The number of halogens is 1. The molecule has 0 fully saturated rings. The fourth-order valence-corrected chi connectivity index (χ4v) is 2.51. The molecule has 5 heteroatoms. The Kier molecular flexibility index (Phi) is 3.40. The lowest BCUT2D eigenvalue weighted by Crippen LogP contribution is -1.99. The van der Waals surface area contributed by atoms with Crippen molar-refractivity contribution in [3.63, 3.8) is 0 Å². The maximum Gasteiger partial charge on any atom is 0.0991 e. The predicted octanol–water partition coefficient (Wildman–Crippen LogP) is 3.81. The van der Waals surface area contributed by atoms with Crippen LogP contribution in [-0.4, -0.2) is 10.2 Å². The fourth-order valence-electron chi connectivity index (χ4n) is 2.06. The van der Waals surface area contributed by atoms with Crippen LogP contribution in [0.2, 0.25) is 0 Å². The van der Waals surface area contributed by atoms with Crippen molar-refractivity contribution in [3.8, 4) is 6.07 Å². The summed E-state index contributed by atoms with van der Waals surface area (Å²) in [5.41, 5.74) is 3.81. The van der Waals surface area contributed by atoms with E-state index in [4.69, 9.17) is 5.26 Å². The average Bonchev–Trinajstić information content (AvgIpc) is 2.93. The summed E-state index contributed by atoms with van der Waals surface area (Å²) in [5, 5.41) is 20.2. The molecular weight excluding hydrogens is 316 g/mol. The molecule has 0 saturated carbocycles. The van der Waals surface area contributed by atoms with Crippen molar-refractivity contribution in [3.05, 3.63) is 58.2 Å². The molecule has 1 aromatic heterocycles. The maximum atomic E-state index is 8.78. The van der Waals surface area contributed by atoms with Crippen LogP contribution in [0.5, 0.6) is 0 Å². The van der Waals surface area contributed by atoms with Gasteiger partial charge in [-0.2, -0.15) is 10.4 Å². The van der Waals surface area contributed by atoms with E-state index in [9.17, 15) is 0 Å². The molecule has 0 spiro atoms. The SMILES string of the molecule is N#Cc1ccc(CNc2cc(Br)cc3[nH]ncc23)cc1. The van der Waals surface area contributed by atoms with Gasteiger partial charge >= 0.3 is 0 Å². The van der Waals surface area contributed by atoms with E-state index < -0.39 is 0 Å². The number of hydrogen-bond donors (Lipinski definition) is 2. The fraction of sp³-hybridized carbons (Fsp3) is 0.0667. The number of nitriles is 1. The summed E-state index contributed by atoms with van der Waals surface area (Å²) in [4.78, 5) is 0. The van der Waals surface area contributed by atoms with Crippen molar-refractivity contribution in [1.82, 2.24) is 10.2 Å². The molecule has 0 aliphatic carbocycles. The number of aromatic nitrogens is 2. The highest BCUT2D eigenvalue weighted by Gasteiger charge is 2.05. The van der Waals surface area contributed by atoms with E-state index in [1.165, 1.54) is 0 Å². The molecule has 98 valence electrons. The van der Waals surface area contributed by atoms with Crippen LogP contribution in [-0.2, 0) is 6.54 Å². The van der Waals surface area contributed by atoms with Crippen LogP contribution >= 0.6 is 15.9 Å². The summed E-state index contributed by atoms with van der Waals surface area (Å²) in [6.45, 7) is 0.697. The molecule has 3 rings (SSSR count). The zero-order valence-electron chi connectivity index (χ0n) is 10.5. The largest absolute Gasteiger partial charge is 0.380 e. The second-order valence-electron chi connectivity index (χ2n) is 4.45. The molecule has 0 unspecified atom stereocenters. The van der Waals surface area contributed by atoms with Crippen molar-refractivity contribution in [2.75, 3.05) is 5.32 Å². The number of fused-ring (bicyclic) bond motifs is 1. The zero-order chi connectivity index (χ0) is 13.9. The molecule has 0 aliphatic rings. The van der Waals surface area contributed by atoms with Gasteiger partial charge in [-0.1, -0.05) is 28.1 Å². The molecule has 0 saturated heterocycles. The number of nitrogens with zero attached hydrogens (tertiary/aromatic N) is 2. The molecule has 0 atom stereocenters. The highest BCUT2D eigenvalue weighted by atomic mass is 79.9. The van der Waals surface area contributed by atoms with E-state index in [0.29, 0.717) is 12.1 Å². The Morgan fingerprint density at radius 1 is 1.25 bits per heavy atom. The Morgan fingerprint density at radius 2 is 2.05 bits per heavy atom. The minimum absolute atomic E-state index is 0.674. The van der Waals surface area contributed by atoms with Crippen LogP contribution in [0.15, 0.2) is 47.1 Å². The van der Waals surface area contributed by atoms with E-state index >= 15 is 0 Å². The van der Waals surface area contributed by atoms with E-state index in [-0.39, 0.29) is 0 Å². The Bertz CT molecular complexity index is 784. The van der Waals surface area contributed by atoms with E-state index in [1.54, 1.807) is 0 Å². The first-order valence-electron chi connectivity index (χ1n) is 6.12. The minimum Gasteiger partial charge on any atom is -0.380 e. The molecule has 20 heavy (non-hydrogen) atoms. The quantitative estimate of drug-likeness (QED) is 0.769. The van der Waals surface area contributed by atoms with Crippen molar-refractivity contribution >= 4 is 32.5 Å². The maximum absolute atomic E-state index is 8.78. The first kappa shape index (κ1) is 12.7. The highest BCUT2D eigenvalue weighted by Crippen LogP contribution is 2.27. The first-order valence-corrected chi connectivity index (χ1v) is 6.91. The van der Waals surface area contributed by atoms with Gasteiger partial charge < -0.3 is 5.32 Å². The smallest absolute Gasteiger partial charge is 0.0991 e. The molecule has 4 nitrogen and oxygen atoms in total. The van der Waals surface area contributed by atoms with Crippen molar-refractivity contribution < 1.29 is 0 Å². The van der Waals surface area contributed by atoms with Crippen molar-refractivity contribution in [2.45, 2.75) is 6.54 Å². The third-order valence-corrected chi connectivity index (χ3v) is 3.55. The molecule has 2 aromatic carbocycles. The molecule has 2 N–H and O–H groups in total. The predicted molar refractivity (Wildman–Crippen MR) is 82.3 cm³/mol. The van der Waals surface area contributed by atoms with E-state index in [1.807, 2.05) is 42.6 Å². The highest BCUT2D eigenvalue weighted by molar-refractivity contribution is 9.10. The number of anilines is 1. The Morgan fingerprint density at radius 3 is 2.80 bits per heavy atom. The van der Waals surface area contributed by atoms with E-state index in [0.717, 1.165) is 26.6 Å². The topological polar surface area (TPSA) is 64.5 Å². The van der Waals surface area contributed by atoms with Crippen LogP contribution in [0.3, 0.4) is 0 Å². The standard InChI is InChI=1S/C15H11BrN4/c16-12-5-14(13-9-19-20-15(13)6-12)18-8-11-3-1-10(7-17)2-4-11/h1-6,9,18H,8H2,(H,19,20). The molecule has 0 aliphatic heterocycles. The van der Waals surface area contributed by atoms with Gasteiger partial charge in [0.25, 0.3) is 0 Å². The summed E-state index contributed by atoms with van der Waals surface area (Å²) in [7, 11) is 0. The van der Waals surface area contributed by atoms with Crippen molar-refractivity contribution in [1.29, 1.82) is 5.26 Å². The van der Waals surface area contributed by atoms with Gasteiger partial charge in [0.2, 0.25) is 0 Å². The number of hydrogen-bond acceptors (Lipinski definition) is 3. The normalized spacial score (nSPS) is 10.4. The van der Waals surface area contributed by atoms with Gasteiger partial charge in [-0.15, -0.1) is 0 Å². The summed E-state index contributed by atoms with van der Waals surface area (Å²) < 4.78 is 0.997. The third kappa shape index (κ3) is 2.51. The second-order valence-corrected chi connectivity index (χ2v) is 5.36. The van der Waals surface area contributed by atoms with Crippen LogP contribution in [0.1, 0.15) is 11.1 Å². The van der Waals surface area contributed by atoms with Gasteiger partial charge in [-0.05, 0) is 29.8 Å². The summed E-state index contributed by atoms with van der Waals surface area (Å²) in [6.07, 6.45) is 1.81. The molecule has 0 amide bonds. The number of benzene rings is 2. The van der Waals surface area contributed by atoms with Crippen LogP contribution in [0, 0.1) is 11.3 Å². The third-order valence-electron chi connectivity index (χ3n) is 3.09. The van der Waals surface area contributed by atoms with E-state index in [2.05, 4.69) is 37.5 Å². The molecule has 3 aromatic rings. The van der Waals surface area contributed by atoms with Crippen LogP contribution < -0.4 is 5.32 Å². The second kappa shape index (κ2) is 5.35. The monoisotopic (exact) mass is 326 g/mol. The molecular formula is C15H11BrN4. The lowest BCUT2D eigenvalue weighted by molar-refractivity contribution is 1.12. The molecule has 1 heterocycles. The van der Waals surface area contributed by atoms with Crippen LogP contribution in [0.4, 0.5) is 5.69 Å². The Hall–Kier alpha value is -2.32. The summed E-state index contributed by atoms with van der Waals surface area (Å²) in [5.74, 6) is 0. The molecule has 0 bridgehead atoms. The number of aromatic amines is 1. The van der Waals surface area contributed by atoms with Gasteiger partial charge in [0.05, 0.1) is 23.3 Å². The Labute approximate surface area is 124 Å². The molecule has 0 radical (unpaired) electrons. The van der Waals surface area contributed by atoms with Crippen LogP contribution in [0.25, 0.3) is 10.9 Å². The number of nitrogens with one attached hydrogen (secondary N) is 2. The van der Waals surface area contributed by atoms with Gasteiger partial charge in [-0.25, -0.2) is 0 Å². The van der Waals surface area contributed by atoms with Gasteiger partial charge in [-0.3, -0.25) is 5.10 Å². The number of H-pyrrole nitrogens is 1. The lowest BCUT2D eigenvalue weighted by Gasteiger charge is -2.08. The Balaban J connectivity index is 1.82. The summed E-state index contributed by atoms with van der Waals surface area (Å²) >= 11 is 3.49. The van der Waals surface area contributed by atoms with Crippen molar-refractivity contribution in [2.24, 2.45) is 0 Å². The zero-order valence-corrected chi connectivity index (χ0v) is 12.1. The number of rotatable bonds is 3. The minimum atomic E-state index is 0.674.